The molecule has 18 heavy (non-hydrogen) atoms. The van der Waals surface area contributed by atoms with Crippen LogP contribution < -0.4 is 5.32 Å². The van der Waals surface area contributed by atoms with Gasteiger partial charge in [-0.25, -0.2) is 0 Å². The highest BCUT2D eigenvalue weighted by atomic mass is 16.5. The first-order valence-electron chi connectivity index (χ1n) is 6.86. The van der Waals surface area contributed by atoms with Crippen LogP contribution in [0.2, 0.25) is 0 Å². The minimum atomic E-state index is -0.173. The fourth-order valence-electron chi connectivity index (χ4n) is 2.56. The third-order valence-corrected chi connectivity index (χ3v) is 3.89. The van der Waals surface area contributed by atoms with Crippen LogP contribution in [0.4, 0.5) is 0 Å². The van der Waals surface area contributed by atoms with Crippen LogP contribution in [0, 0.1) is 0 Å². The van der Waals surface area contributed by atoms with Crippen molar-refractivity contribution in [1.82, 2.24) is 15.1 Å². The van der Waals surface area contributed by atoms with Crippen LogP contribution in [0.1, 0.15) is 19.8 Å². The molecule has 1 N–H and O–H groups in total. The van der Waals surface area contributed by atoms with E-state index in [1.807, 2.05) is 0 Å². The van der Waals surface area contributed by atoms with Crippen molar-refractivity contribution in [2.45, 2.75) is 37.9 Å². The zero-order chi connectivity index (χ0) is 13.1. The maximum atomic E-state index is 11.8. The summed E-state index contributed by atoms with van der Waals surface area (Å²) in [5.74, 6) is -0.131. The molecule has 1 aliphatic heterocycles. The van der Waals surface area contributed by atoms with E-state index in [2.05, 4.69) is 29.1 Å². The van der Waals surface area contributed by atoms with Crippen LogP contribution in [0.25, 0.3) is 0 Å². The van der Waals surface area contributed by atoms with Crippen molar-refractivity contribution >= 4 is 5.97 Å². The van der Waals surface area contributed by atoms with E-state index in [0.29, 0.717) is 12.1 Å². The van der Waals surface area contributed by atoms with Gasteiger partial charge in [-0.2, -0.15) is 0 Å². The van der Waals surface area contributed by atoms with E-state index in [4.69, 9.17) is 4.74 Å². The molecule has 2 rings (SSSR count). The molecular formula is C13H25N3O2. The number of hydrogen-bond acceptors (Lipinski definition) is 5. The number of methoxy groups -OCH3 is 1. The summed E-state index contributed by atoms with van der Waals surface area (Å²) in [5, 5.41) is 3.39. The van der Waals surface area contributed by atoms with Crippen LogP contribution >= 0.6 is 0 Å². The molecule has 1 heterocycles. The number of hydrogen-bond donors (Lipinski definition) is 1. The number of nitrogens with one attached hydrogen (secondary N) is 1. The number of rotatable bonds is 5. The lowest BCUT2D eigenvalue weighted by molar-refractivity contribution is -0.144. The molecule has 0 aromatic carbocycles. The first-order chi connectivity index (χ1) is 8.60. The van der Waals surface area contributed by atoms with Gasteiger partial charge in [-0.15, -0.1) is 0 Å². The molecule has 2 aliphatic rings. The molecule has 0 bridgehead atoms. The van der Waals surface area contributed by atoms with Gasteiger partial charge in [0.05, 0.1) is 7.11 Å². The van der Waals surface area contributed by atoms with Crippen molar-refractivity contribution < 1.29 is 9.53 Å². The van der Waals surface area contributed by atoms with Crippen molar-refractivity contribution in [3.63, 3.8) is 0 Å². The zero-order valence-corrected chi connectivity index (χ0v) is 11.7. The summed E-state index contributed by atoms with van der Waals surface area (Å²) in [5.41, 5.74) is 0. The van der Waals surface area contributed by atoms with Gasteiger partial charge in [0.2, 0.25) is 0 Å². The summed E-state index contributed by atoms with van der Waals surface area (Å²) in [6, 6.07) is 0.849. The predicted octanol–water partition coefficient (Wildman–Crippen LogP) is -0.0841. The highest BCUT2D eigenvalue weighted by Crippen LogP contribution is 2.20. The van der Waals surface area contributed by atoms with Crippen molar-refractivity contribution in [3.05, 3.63) is 0 Å². The Bertz CT molecular complexity index is 294. The highest BCUT2D eigenvalue weighted by molar-refractivity contribution is 5.76. The van der Waals surface area contributed by atoms with Crippen molar-refractivity contribution in [1.29, 1.82) is 0 Å². The molecular weight excluding hydrogens is 230 g/mol. The number of piperazine rings is 1. The SMILES string of the molecule is COC(=O)C(CN1CCN(C)CC1C)NC1CC1. The molecule has 2 atom stereocenters. The van der Waals surface area contributed by atoms with Crippen molar-refractivity contribution in [2.24, 2.45) is 0 Å². The topological polar surface area (TPSA) is 44.8 Å². The van der Waals surface area contributed by atoms with Gasteiger partial charge in [-0.3, -0.25) is 9.69 Å². The highest BCUT2D eigenvalue weighted by Gasteiger charge is 2.32. The summed E-state index contributed by atoms with van der Waals surface area (Å²) in [6.07, 6.45) is 2.37. The molecule has 1 saturated heterocycles. The molecule has 0 amide bonds. The average molecular weight is 255 g/mol. The van der Waals surface area contributed by atoms with Crippen molar-refractivity contribution in [2.75, 3.05) is 40.3 Å². The van der Waals surface area contributed by atoms with Crippen LogP contribution in [0.5, 0.6) is 0 Å². The quantitative estimate of drug-likeness (QED) is 0.696. The number of likely N-dealkylation sites (N-methyl/N-ethyl adjacent to an activating group) is 1. The van der Waals surface area contributed by atoms with Crippen LogP contribution in [0.15, 0.2) is 0 Å². The molecule has 1 aliphatic carbocycles. The van der Waals surface area contributed by atoms with E-state index in [1.165, 1.54) is 20.0 Å². The Balaban J connectivity index is 1.88. The number of esters is 1. The smallest absolute Gasteiger partial charge is 0.324 e. The minimum Gasteiger partial charge on any atom is -0.468 e. The Morgan fingerprint density at radius 3 is 2.72 bits per heavy atom. The first kappa shape index (κ1) is 13.8. The lowest BCUT2D eigenvalue weighted by Crippen LogP contribution is -2.56. The van der Waals surface area contributed by atoms with E-state index >= 15 is 0 Å². The standard InChI is InChI=1S/C13H25N3O2/c1-10-8-15(2)6-7-16(10)9-12(13(17)18-3)14-11-4-5-11/h10-12,14H,4-9H2,1-3H3. The van der Waals surface area contributed by atoms with Gasteiger partial charge in [0.1, 0.15) is 6.04 Å². The van der Waals surface area contributed by atoms with Gasteiger partial charge in [0.15, 0.2) is 0 Å². The van der Waals surface area contributed by atoms with E-state index in [-0.39, 0.29) is 12.0 Å². The number of ether oxygens (including phenoxy) is 1. The van der Waals surface area contributed by atoms with Gasteiger partial charge in [0, 0.05) is 38.3 Å². The largest absolute Gasteiger partial charge is 0.468 e. The molecule has 5 heteroatoms. The molecule has 2 unspecified atom stereocenters. The van der Waals surface area contributed by atoms with E-state index < -0.39 is 0 Å². The Morgan fingerprint density at radius 1 is 1.44 bits per heavy atom. The maximum Gasteiger partial charge on any atom is 0.324 e. The lowest BCUT2D eigenvalue weighted by Gasteiger charge is -2.39. The second kappa shape index (κ2) is 5.99. The van der Waals surface area contributed by atoms with E-state index in [0.717, 1.165) is 26.2 Å². The summed E-state index contributed by atoms with van der Waals surface area (Å²) >= 11 is 0. The third-order valence-electron chi connectivity index (χ3n) is 3.89. The Morgan fingerprint density at radius 2 is 2.17 bits per heavy atom. The first-order valence-corrected chi connectivity index (χ1v) is 6.86. The summed E-state index contributed by atoms with van der Waals surface area (Å²) in [4.78, 5) is 16.5. The monoisotopic (exact) mass is 255 g/mol. The molecule has 0 aromatic heterocycles. The van der Waals surface area contributed by atoms with Gasteiger partial charge in [-0.05, 0) is 26.8 Å². The summed E-state index contributed by atoms with van der Waals surface area (Å²) < 4.78 is 4.90. The molecule has 2 fully saturated rings. The molecule has 0 aromatic rings. The second-order valence-corrected chi connectivity index (χ2v) is 5.62. The van der Waals surface area contributed by atoms with Crippen LogP contribution in [0.3, 0.4) is 0 Å². The summed E-state index contributed by atoms with van der Waals surface area (Å²) in [6.45, 7) is 6.15. The molecule has 5 nitrogen and oxygen atoms in total. The zero-order valence-electron chi connectivity index (χ0n) is 11.7. The maximum absolute atomic E-state index is 11.8. The van der Waals surface area contributed by atoms with Gasteiger partial charge >= 0.3 is 5.97 Å². The predicted molar refractivity (Wildman–Crippen MR) is 70.5 cm³/mol. The van der Waals surface area contributed by atoms with Gasteiger partial charge < -0.3 is 15.0 Å². The second-order valence-electron chi connectivity index (χ2n) is 5.62. The number of carbonyl (C=O) groups excluding carboxylic acids is 1. The van der Waals surface area contributed by atoms with Gasteiger partial charge in [-0.1, -0.05) is 0 Å². The number of nitrogens with zero attached hydrogens (tertiary/aromatic N) is 2. The average Bonchev–Trinajstić information content (AvgIpc) is 3.14. The summed E-state index contributed by atoms with van der Waals surface area (Å²) in [7, 11) is 3.62. The normalized spacial score (nSPS) is 28.1. The molecule has 104 valence electrons. The van der Waals surface area contributed by atoms with Crippen molar-refractivity contribution in [3.8, 4) is 0 Å². The molecule has 0 radical (unpaired) electrons. The van der Waals surface area contributed by atoms with Crippen LogP contribution in [-0.4, -0.2) is 74.2 Å². The Hall–Kier alpha value is -0.650. The Labute approximate surface area is 109 Å². The number of carbonyl (C=O) groups is 1. The molecule has 0 spiro atoms. The lowest BCUT2D eigenvalue weighted by atomic mass is 10.1. The van der Waals surface area contributed by atoms with E-state index in [1.54, 1.807) is 0 Å². The fourth-order valence-corrected chi connectivity index (χ4v) is 2.56. The Kier molecular flexibility index (Phi) is 4.59. The third kappa shape index (κ3) is 3.67. The molecule has 1 saturated carbocycles. The fraction of sp³-hybridized carbons (Fsp3) is 0.923. The minimum absolute atomic E-state index is 0.131. The van der Waals surface area contributed by atoms with Gasteiger partial charge in [0.25, 0.3) is 0 Å². The van der Waals surface area contributed by atoms with Crippen LogP contribution in [-0.2, 0) is 9.53 Å². The van der Waals surface area contributed by atoms with E-state index in [9.17, 15) is 4.79 Å².